The van der Waals surface area contributed by atoms with Crippen molar-refractivity contribution in [3.8, 4) is 17.2 Å². The van der Waals surface area contributed by atoms with Gasteiger partial charge in [0.15, 0.2) is 5.75 Å². The van der Waals surface area contributed by atoms with E-state index in [9.17, 15) is 18.1 Å². The molecule has 5 nitrogen and oxygen atoms in total. The first kappa shape index (κ1) is 22.0. The predicted octanol–water partition coefficient (Wildman–Crippen LogP) is 0.926. The van der Waals surface area contributed by atoms with Crippen molar-refractivity contribution in [1.82, 2.24) is 0 Å². The van der Waals surface area contributed by atoms with Crippen LogP contribution in [-0.4, -0.2) is 13.0 Å². The standard InChI is InChI=1S/C18H22O5S.Na/c1-2-3-4-6-9-14-12-13-16(19)18(24(20,21)22)17(14)23-15-10-7-5-8-11-15;/h5,7-8,10-13,19H,2-4,6,9H2,1H3,(H,20,21,22);/q;+1/p-1. The fraction of sp³-hybridized carbons (Fsp3) is 0.333. The van der Waals surface area contributed by atoms with Crippen molar-refractivity contribution < 1.29 is 52.4 Å². The van der Waals surface area contributed by atoms with Crippen LogP contribution in [-0.2, 0) is 16.5 Å². The second kappa shape index (κ2) is 10.2. The van der Waals surface area contributed by atoms with E-state index in [4.69, 9.17) is 4.74 Å². The zero-order valence-electron chi connectivity index (χ0n) is 14.6. The third kappa shape index (κ3) is 6.31. The molecular formula is C18H21NaO5S. The van der Waals surface area contributed by atoms with Gasteiger partial charge in [0, 0.05) is 0 Å². The van der Waals surface area contributed by atoms with Gasteiger partial charge in [0.1, 0.15) is 10.6 Å². The van der Waals surface area contributed by atoms with E-state index in [0.29, 0.717) is 17.7 Å². The zero-order valence-corrected chi connectivity index (χ0v) is 17.4. The van der Waals surface area contributed by atoms with Gasteiger partial charge in [0.05, 0.1) is 0 Å². The first-order valence-electron chi connectivity index (χ1n) is 7.96. The van der Waals surface area contributed by atoms with Crippen LogP contribution in [0.5, 0.6) is 17.2 Å². The number of hydrogen-bond donors (Lipinski definition) is 1. The molecule has 2 rings (SSSR count). The Morgan fingerprint density at radius 3 is 2.32 bits per heavy atom. The third-order valence-corrected chi connectivity index (χ3v) is 4.58. The molecular weight excluding hydrogens is 351 g/mol. The Labute approximate surface area is 171 Å². The number of aryl methyl sites for hydroxylation is 1. The predicted molar refractivity (Wildman–Crippen MR) is 90.1 cm³/mol. The van der Waals surface area contributed by atoms with Crippen molar-refractivity contribution in [2.45, 2.75) is 43.9 Å². The van der Waals surface area contributed by atoms with Gasteiger partial charge in [-0.3, -0.25) is 4.55 Å². The SMILES string of the molecule is CCCCCCc1ccc([O-])c(S(=O)(=O)O)c1Oc1ccccc1.[Na+]. The Balaban J connectivity index is 0.00000312. The van der Waals surface area contributed by atoms with E-state index in [1.54, 1.807) is 36.4 Å². The molecule has 0 aliphatic heterocycles. The molecule has 0 aliphatic carbocycles. The van der Waals surface area contributed by atoms with Crippen LogP contribution in [0.2, 0.25) is 0 Å². The smallest absolute Gasteiger partial charge is 0.871 e. The maximum Gasteiger partial charge on any atom is 1.00 e. The summed E-state index contributed by atoms with van der Waals surface area (Å²) < 4.78 is 38.5. The summed E-state index contributed by atoms with van der Waals surface area (Å²) in [5.41, 5.74) is 0.599. The summed E-state index contributed by atoms with van der Waals surface area (Å²) in [5.74, 6) is -0.448. The second-order valence-electron chi connectivity index (χ2n) is 5.58. The van der Waals surface area contributed by atoms with E-state index < -0.39 is 20.8 Å². The fourth-order valence-electron chi connectivity index (χ4n) is 2.49. The van der Waals surface area contributed by atoms with Gasteiger partial charge in [0.2, 0.25) is 0 Å². The number of para-hydroxylation sites is 1. The Morgan fingerprint density at radius 1 is 1.04 bits per heavy atom. The van der Waals surface area contributed by atoms with Gasteiger partial charge < -0.3 is 9.84 Å². The molecule has 0 radical (unpaired) electrons. The first-order chi connectivity index (χ1) is 11.4. The maximum absolute atomic E-state index is 12.0. The Hall–Kier alpha value is -1.05. The molecule has 0 amide bonds. The van der Waals surface area contributed by atoms with Gasteiger partial charge in [-0.1, -0.05) is 62.3 Å². The molecule has 25 heavy (non-hydrogen) atoms. The molecule has 1 N–H and O–H groups in total. The maximum atomic E-state index is 12.0. The van der Waals surface area contributed by atoms with Gasteiger partial charge in [-0.25, -0.2) is 0 Å². The van der Waals surface area contributed by atoms with Crippen molar-refractivity contribution in [3.05, 3.63) is 48.0 Å². The molecule has 0 aromatic heterocycles. The van der Waals surface area contributed by atoms with Crippen LogP contribution in [0.3, 0.4) is 0 Å². The summed E-state index contributed by atoms with van der Waals surface area (Å²) in [6.07, 6.45) is 4.59. The number of ether oxygens (including phenoxy) is 1. The van der Waals surface area contributed by atoms with E-state index in [2.05, 4.69) is 6.92 Å². The average molecular weight is 372 g/mol. The van der Waals surface area contributed by atoms with Gasteiger partial charge in [-0.2, -0.15) is 8.42 Å². The number of hydrogen-bond acceptors (Lipinski definition) is 4. The number of benzene rings is 2. The molecule has 0 unspecified atom stereocenters. The average Bonchev–Trinajstić information content (AvgIpc) is 2.53. The van der Waals surface area contributed by atoms with Crippen LogP contribution in [0, 0.1) is 0 Å². The molecule has 0 bridgehead atoms. The van der Waals surface area contributed by atoms with Crippen LogP contribution in [0.25, 0.3) is 0 Å². The molecule has 7 heteroatoms. The van der Waals surface area contributed by atoms with Gasteiger partial charge in [-0.05, 0) is 30.5 Å². The minimum absolute atomic E-state index is 0. The summed E-state index contributed by atoms with van der Waals surface area (Å²) in [6.45, 7) is 2.10. The summed E-state index contributed by atoms with van der Waals surface area (Å²) in [7, 11) is -4.68. The monoisotopic (exact) mass is 372 g/mol. The van der Waals surface area contributed by atoms with Crippen LogP contribution in [0.15, 0.2) is 47.4 Å². The normalized spacial score (nSPS) is 11.0. The quantitative estimate of drug-likeness (QED) is 0.423. The molecule has 0 spiro atoms. The molecule has 0 atom stereocenters. The van der Waals surface area contributed by atoms with Crippen molar-refractivity contribution in [2.24, 2.45) is 0 Å². The largest absolute Gasteiger partial charge is 1.00 e. The second-order valence-corrected chi connectivity index (χ2v) is 6.94. The van der Waals surface area contributed by atoms with Crippen LogP contribution in [0.1, 0.15) is 38.2 Å². The van der Waals surface area contributed by atoms with Crippen molar-refractivity contribution >= 4 is 10.1 Å². The molecule has 0 saturated heterocycles. The molecule has 2 aromatic carbocycles. The van der Waals surface area contributed by atoms with E-state index in [-0.39, 0.29) is 35.3 Å². The third-order valence-electron chi connectivity index (χ3n) is 3.68. The molecule has 0 heterocycles. The Bertz CT molecular complexity index is 776. The number of unbranched alkanes of at least 4 members (excludes halogenated alkanes) is 3. The Morgan fingerprint density at radius 2 is 1.72 bits per heavy atom. The van der Waals surface area contributed by atoms with E-state index in [1.807, 2.05) is 0 Å². The summed E-state index contributed by atoms with van der Waals surface area (Å²) in [5, 5.41) is 12.0. The van der Waals surface area contributed by atoms with Gasteiger partial charge in [-0.15, -0.1) is 0 Å². The van der Waals surface area contributed by atoms with E-state index >= 15 is 0 Å². The summed E-state index contributed by atoms with van der Waals surface area (Å²) >= 11 is 0. The first-order valence-corrected chi connectivity index (χ1v) is 9.40. The van der Waals surface area contributed by atoms with Gasteiger partial charge in [0.25, 0.3) is 10.1 Å². The minimum atomic E-state index is -4.68. The van der Waals surface area contributed by atoms with Crippen molar-refractivity contribution in [3.63, 3.8) is 0 Å². The minimum Gasteiger partial charge on any atom is -0.871 e. The topological polar surface area (TPSA) is 86.7 Å². The molecule has 0 aliphatic rings. The fourth-order valence-corrected chi connectivity index (χ4v) is 3.22. The van der Waals surface area contributed by atoms with Gasteiger partial charge >= 0.3 is 29.6 Å². The summed E-state index contributed by atoms with van der Waals surface area (Å²) in [6, 6.07) is 11.3. The van der Waals surface area contributed by atoms with Crippen LogP contribution in [0.4, 0.5) is 0 Å². The summed E-state index contributed by atoms with van der Waals surface area (Å²) in [4.78, 5) is -0.695. The molecule has 0 fully saturated rings. The van der Waals surface area contributed by atoms with Crippen LogP contribution >= 0.6 is 0 Å². The molecule has 2 aromatic rings. The molecule has 130 valence electrons. The van der Waals surface area contributed by atoms with Crippen LogP contribution < -0.4 is 39.4 Å². The van der Waals surface area contributed by atoms with E-state index in [0.717, 1.165) is 31.7 Å². The van der Waals surface area contributed by atoms with Crippen molar-refractivity contribution in [1.29, 1.82) is 0 Å². The van der Waals surface area contributed by atoms with Crippen molar-refractivity contribution in [2.75, 3.05) is 0 Å². The van der Waals surface area contributed by atoms with E-state index in [1.165, 1.54) is 0 Å². The molecule has 0 saturated carbocycles. The zero-order chi connectivity index (χ0) is 17.6. The Kier molecular flexibility index (Phi) is 8.96. The number of rotatable bonds is 8.